The van der Waals surface area contributed by atoms with Gasteiger partial charge in [0.1, 0.15) is 11.3 Å². The Bertz CT molecular complexity index is 597. The normalized spacial score (nSPS) is 11.2. The summed E-state index contributed by atoms with van der Waals surface area (Å²) in [6.07, 6.45) is 2.07. The van der Waals surface area contributed by atoms with E-state index in [1.54, 1.807) is 11.8 Å². The lowest BCUT2D eigenvalue weighted by Crippen LogP contribution is -2.31. The average molecular weight is 293 g/mol. The van der Waals surface area contributed by atoms with E-state index in [4.69, 9.17) is 10.3 Å². The monoisotopic (exact) mass is 293 g/mol. The van der Waals surface area contributed by atoms with E-state index in [1.807, 2.05) is 31.3 Å². The first-order chi connectivity index (χ1) is 9.67. The molecule has 0 atom stereocenters. The summed E-state index contributed by atoms with van der Waals surface area (Å²) >= 11 is 1.79. The van der Waals surface area contributed by atoms with Gasteiger partial charge in [0.15, 0.2) is 0 Å². The molecule has 0 radical (unpaired) electrons. The first kappa shape index (κ1) is 14.9. The highest BCUT2D eigenvalue weighted by atomic mass is 32.2. The first-order valence-electron chi connectivity index (χ1n) is 6.36. The zero-order valence-electron chi connectivity index (χ0n) is 11.7. The molecule has 0 bridgehead atoms. The van der Waals surface area contributed by atoms with Crippen molar-refractivity contribution in [2.24, 2.45) is 5.84 Å². The zero-order chi connectivity index (χ0) is 14.5. The SMILES string of the molecule is CSCCN(C)Cc1oc2ccccc2c1C(=O)NN. The summed E-state index contributed by atoms with van der Waals surface area (Å²) in [5.74, 6) is 6.65. The molecule has 1 aromatic carbocycles. The Hall–Kier alpha value is -1.50. The highest BCUT2D eigenvalue weighted by Gasteiger charge is 2.20. The van der Waals surface area contributed by atoms with E-state index in [9.17, 15) is 4.79 Å². The number of nitrogen functional groups attached to an aromatic ring is 1. The number of fused-ring (bicyclic) bond motifs is 1. The highest BCUT2D eigenvalue weighted by molar-refractivity contribution is 7.98. The van der Waals surface area contributed by atoms with E-state index in [0.29, 0.717) is 23.5 Å². The summed E-state index contributed by atoms with van der Waals surface area (Å²) in [5, 5.41) is 0.795. The topological polar surface area (TPSA) is 71.5 Å². The molecular formula is C14H19N3O2S. The number of carbonyl (C=O) groups excluding carboxylic acids is 1. The molecule has 20 heavy (non-hydrogen) atoms. The number of hydrazine groups is 1. The Balaban J connectivity index is 2.34. The second kappa shape index (κ2) is 6.78. The number of carbonyl (C=O) groups is 1. The van der Waals surface area contributed by atoms with Crippen molar-refractivity contribution >= 4 is 28.6 Å². The van der Waals surface area contributed by atoms with E-state index in [1.165, 1.54) is 0 Å². The van der Waals surface area contributed by atoms with Crippen LogP contribution in [0, 0.1) is 0 Å². The predicted octanol–water partition coefficient (Wildman–Crippen LogP) is 1.83. The molecule has 0 aliphatic carbocycles. The average Bonchev–Trinajstić information content (AvgIpc) is 2.82. The highest BCUT2D eigenvalue weighted by Crippen LogP contribution is 2.26. The van der Waals surface area contributed by atoms with Crippen molar-refractivity contribution in [3.8, 4) is 0 Å². The molecule has 1 aromatic heterocycles. The first-order valence-corrected chi connectivity index (χ1v) is 7.75. The minimum Gasteiger partial charge on any atom is -0.459 e. The maximum Gasteiger partial charge on any atom is 0.269 e. The van der Waals surface area contributed by atoms with E-state index < -0.39 is 0 Å². The van der Waals surface area contributed by atoms with Crippen LogP contribution in [0.4, 0.5) is 0 Å². The van der Waals surface area contributed by atoms with Crippen molar-refractivity contribution in [3.05, 3.63) is 35.6 Å². The van der Waals surface area contributed by atoms with Gasteiger partial charge in [-0.15, -0.1) is 0 Å². The van der Waals surface area contributed by atoms with Crippen LogP contribution in [0.25, 0.3) is 11.0 Å². The van der Waals surface area contributed by atoms with Crippen LogP contribution < -0.4 is 11.3 Å². The summed E-state index contributed by atoms with van der Waals surface area (Å²) in [6.45, 7) is 1.51. The number of thioether (sulfide) groups is 1. The van der Waals surface area contributed by atoms with E-state index >= 15 is 0 Å². The van der Waals surface area contributed by atoms with Gasteiger partial charge in [-0.1, -0.05) is 18.2 Å². The van der Waals surface area contributed by atoms with Crippen molar-refractivity contribution in [3.63, 3.8) is 0 Å². The van der Waals surface area contributed by atoms with Crippen LogP contribution in [0.15, 0.2) is 28.7 Å². The Morgan fingerprint density at radius 3 is 2.90 bits per heavy atom. The van der Waals surface area contributed by atoms with Gasteiger partial charge in [-0.3, -0.25) is 15.1 Å². The van der Waals surface area contributed by atoms with Crippen LogP contribution in [0.5, 0.6) is 0 Å². The Morgan fingerprint density at radius 2 is 2.20 bits per heavy atom. The fraction of sp³-hybridized carbons (Fsp3) is 0.357. The minimum absolute atomic E-state index is 0.316. The van der Waals surface area contributed by atoms with Crippen molar-refractivity contribution < 1.29 is 9.21 Å². The molecule has 2 rings (SSSR count). The maximum atomic E-state index is 12.0. The number of para-hydroxylation sites is 1. The molecule has 0 fully saturated rings. The third kappa shape index (κ3) is 3.15. The zero-order valence-corrected chi connectivity index (χ0v) is 12.5. The third-order valence-corrected chi connectivity index (χ3v) is 3.71. The predicted molar refractivity (Wildman–Crippen MR) is 82.6 cm³/mol. The van der Waals surface area contributed by atoms with Gasteiger partial charge in [0.25, 0.3) is 5.91 Å². The third-order valence-electron chi connectivity index (χ3n) is 3.12. The molecule has 1 heterocycles. The molecular weight excluding hydrogens is 274 g/mol. The summed E-state index contributed by atoms with van der Waals surface area (Å²) in [6, 6.07) is 7.49. The molecule has 1 amide bonds. The second-order valence-corrected chi connectivity index (χ2v) is 5.59. The Labute approximate surface area is 122 Å². The molecule has 0 aliphatic heterocycles. The van der Waals surface area contributed by atoms with Gasteiger partial charge in [0.05, 0.1) is 12.1 Å². The van der Waals surface area contributed by atoms with E-state index in [2.05, 4.69) is 16.6 Å². The number of hydrogen-bond donors (Lipinski definition) is 2. The second-order valence-electron chi connectivity index (χ2n) is 4.60. The van der Waals surface area contributed by atoms with Crippen LogP contribution in [0.2, 0.25) is 0 Å². The van der Waals surface area contributed by atoms with E-state index in [0.717, 1.165) is 17.7 Å². The molecule has 0 saturated heterocycles. The van der Waals surface area contributed by atoms with Gasteiger partial charge in [0, 0.05) is 17.7 Å². The molecule has 6 heteroatoms. The Kier molecular flexibility index (Phi) is 5.05. The smallest absolute Gasteiger partial charge is 0.269 e. The van der Waals surface area contributed by atoms with Crippen LogP contribution in [0.1, 0.15) is 16.1 Å². The van der Waals surface area contributed by atoms with Crippen LogP contribution >= 0.6 is 11.8 Å². The minimum atomic E-state index is -0.316. The van der Waals surface area contributed by atoms with Gasteiger partial charge in [-0.25, -0.2) is 5.84 Å². The van der Waals surface area contributed by atoms with Gasteiger partial charge in [0.2, 0.25) is 0 Å². The molecule has 5 nitrogen and oxygen atoms in total. The van der Waals surface area contributed by atoms with Gasteiger partial charge >= 0.3 is 0 Å². The van der Waals surface area contributed by atoms with Gasteiger partial charge < -0.3 is 4.42 Å². The van der Waals surface area contributed by atoms with Crippen molar-refractivity contribution in [2.75, 3.05) is 25.6 Å². The molecule has 108 valence electrons. The van der Waals surface area contributed by atoms with Crippen LogP contribution in [-0.2, 0) is 6.54 Å². The van der Waals surface area contributed by atoms with Crippen molar-refractivity contribution in [2.45, 2.75) is 6.54 Å². The number of rotatable bonds is 6. The van der Waals surface area contributed by atoms with Gasteiger partial charge in [-0.05, 0) is 19.4 Å². The van der Waals surface area contributed by atoms with E-state index in [-0.39, 0.29) is 5.91 Å². The molecule has 3 N–H and O–H groups in total. The molecule has 0 aliphatic rings. The number of nitrogens with two attached hydrogens (primary N) is 1. The van der Waals surface area contributed by atoms with Crippen LogP contribution in [-0.4, -0.2) is 36.4 Å². The molecule has 0 unspecified atom stereocenters. The number of amides is 1. The largest absolute Gasteiger partial charge is 0.459 e. The lowest BCUT2D eigenvalue weighted by atomic mass is 10.1. The van der Waals surface area contributed by atoms with Crippen LogP contribution in [0.3, 0.4) is 0 Å². The summed E-state index contributed by atoms with van der Waals surface area (Å²) < 4.78 is 5.81. The number of nitrogens with zero attached hydrogens (tertiary/aromatic N) is 1. The number of benzene rings is 1. The van der Waals surface area contributed by atoms with Crippen molar-refractivity contribution in [1.82, 2.24) is 10.3 Å². The summed E-state index contributed by atoms with van der Waals surface area (Å²) in [4.78, 5) is 14.1. The summed E-state index contributed by atoms with van der Waals surface area (Å²) in [7, 11) is 2.01. The number of furan rings is 1. The number of hydrogen-bond acceptors (Lipinski definition) is 5. The fourth-order valence-electron chi connectivity index (χ4n) is 2.10. The summed E-state index contributed by atoms with van der Waals surface area (Å²) in [5.41, 5.74) is 3.43. The lowest BCUT2D eigenvalue weighted by Gasteiger charge is -2.14. The van der Waals surface area contributed by atoms with Crippen molar-refractivity contribution in [1.29, 1.82) is 0 Å². The van der Waals surface area contributed by atoms with Gasteiger partial charge in [-0.2, -0.15) is 11.8 Å². The Morgan fingerprint density at radius 1 is 1.45 bits per heavy atom. The molecule has 0 saturated carbocycles. The molecule has 0 spiro atoms. The number of nitrogens with one attached hydrogen (secondary N) is 1. The fourth-order valence-corrected chi connectivity index (χ4v) is 2.59. The lowest BCUT2D eigenvalue weighted by molar-refractivity contribution is 0.0952. The quantitative estimate of drug-likeness (QED) is 0.483. The standard InChI is InChI=1S/C14H19N3O2S/c1-17(7-8-20-2)9-12-13(14(18)16-15)10-5-3-4-6-11(10)19-12/h3-6H,7-9,15H2,1-2H3,(H,16,18). The molecule has 2 aromatic rings. The maximum absolute atomic E-state index is 12.0.